The molecule has 1 unspecified atom stereocenters. The van der Waals surface area contributed by atoms with Crippen LogP contribution in [0.2, 0.25) is 0 Å². The number of likely N-dealkylation sites (tertiary alicyclic amines) is 1. The smallest absolute Gasteiger partial charge is 0.234 e. The Kier molecular flexibility index (Phi) is 5.91. The van der Waals surface area contributed by atoms with Crippen molar-refractivity contribution in [3.05, 3.63) is 0 Å². The zero-order chi connectivity index (χ0) is 16.2. The first-order valence-corrected chi connectivity index (χ1v) is 9.26. The molecule has 0 bridgehead atoms. The molecule has 0 spiro atoms. The summed E-state index contributed by atoms with van der Waals surface area (Å²) in [7, 11) is 0. The number of nitrogens with zero attached hydrogens (tertiary/aromatic N) is 3. The number of aliphatic hydroxyl groups excluding tert-OH is 1. The maximum Gasteiger partial charge on any atom is 0.234 e. The van der Waals surface area contributed by atoms with Gasteiger partial charge in [-0.2, -0.15) is 0 Å². The van der Waals surface area contributed by atoms with Crippen LogP contribution in [0.25, 0.3) is 0 Å². The van der Waals surface area contributed by atoms with Crippen LogP contribution >= 0.6 is 0 Å². The lowest BCUT2D eigenvalue weighted by Gasteiger charge is -2.36. The summed E-state index contributed by atoms with van der Waals surface area (Å²) in [5.41, 5.74) is 0. The summed E-state index contributed by atoms with van der Waals surface area (Å²) in [6.45, 7) is 9.09. The zero-order valence-electron chi connectivity index (χ0n) is 14.4. The normalized spacial score (nSPS) is 27.0. The molecule has 3 fully saturated rings. The van der Waals surface area contributed by atoms with Crippen molar-refractivity contribution >= 4 is 5.91 Å². The zero-order valence-corrected chi connectivity index (χ0v) is 14.4. The first kappa shape index (κ1) is 17.1. The summed E-state index contributed by atoms with van der Waals surface area (Å²) in [6, 6.07) is 1.22. The van der Waals surface area contributed by atoms with Crippen LogP contribution in [0.3, 0.4) is 0 Å². The Labute approximate surface area is 139 Å². The van der Waals surface area contributed by atoms with Gasteiger partial charge in [0, 0.05) is 57.9 Å². The minimum Gasteiger partial charge on any atom is -0.392 e. The van der Waals surface area contributed by atoms with E-state index in [9.17, 15) is 9.90 Å². The molecular weight excluding hydrogens is 292 g/mol. The second kappa shape index (κ2) is 7.92. The maximum atomic E-state index is 12.2. The van der Waals surface area contributed by atoms with Crippen molar-refractivity contribution in [3.8, 4) is 0 Å². The minimum atomic E-state index is -0.272. The van der Waals surface area contributed by atoms with E-state index in [1.807, 2.05) is 6.92 Å². The summed E-state index contributed by atoms with van der Waals surface area (Å²) in [6.07, 6.45) is 4.68. The van der Waals surface area contributed by atoms with Crippen molar-refractivity contribution in [1.29, 1.82) is 0 Å². The molecule has 6 heteroatoms. The number of nitrogens with one attached hydrogen (secondary N) is 1. The Bertz CT molecular complexity index is 384. The summed E-state index contributed by atoms with van der Waals surface area (Å²) < 4.78 is 0. The van der Waals surface area contributed by atoms with Gasteiger partial charge >= 0.3 is 0 Å². The molecule has 0 aromatic carbocycles. The molecule has 1 atom stereocenters. The first-order valence-electron chi connectivity index (χ1n) is 9.26. The Morgan fingerprint density at radius 3 is 2.22 bits per heavy atom. The highest BCUT2D eigenvalue weighted by molar-refractivity contribution is 5.78. The van der Waals surface area contributed by atoms with Crippen LogP contribution in [0.4, 0.5) is 0 Å². The molecular formula is C17H32N4O2. The second-order valence-electron chi connectivity index (χ2n) is 7.53. The van der Waals surface area contributed by atoms with Gasteiger partial charge in [-0.1, -0.05) is 0 Å². The predicted molar refractivity (Wildman–Crippen MR) is 90.3 cm³/mol. The predicted octanol–water partition coefficient (Wildman–Crippen LogP) is -0.272. The third-order valence-corrected chi connectivity index (χ3v) is 5.31. The fourth-order valence-corrected chi connectivity index (χ4v) is 3.83. The fraction of sp³-hybridized carbons (Fsp3) is 0.941. The third kappa shape index (κ3) is 5.41. The third-order valence-electron chi connectivity index (χ3n) is 5.31. The molecule has 0 radical (unpaired) electrons. The molecule has 0 aromatic rings. The van der Waals surface area contributed by atoms with E-state index in [0.717, 1.165) is 64.7 Å². The van der Waals surface area contributed by atoms with Crippen molar-refractivity contribution in [3.63, 3.8) is 0 Å². The highest BCUT2D eigenvalue weighted by Crippen LogP contribution is 2.29. The highest BCUT2D eigenvalue weighted by Gasteiger charge is 2.32. The molecule has 2 heterocycles. The number of β-amino-alcohol motifs (C(OH)–C–C–N with tert-alkyl or cyclic N) is 1. The topological polar surface area (TPSA) is 59.1 Å². The van der Waals surface area contributed by atoms with Gasteiger partial charge in [-0.3, -0.25) is 14.6 Å². The Balaban J connectivity index is 1.31. The molecule has 2 aliphatic heterocycles. The van der Waals surface area contributed by atoms with Crippen LogP contribution in [-0.2, 0) is 4.79 Å². The standard InChI is InChI=1S/C17H32N4O2/c1-14(22)12-19-8-10-20(11-9-19)13-17(23)18-15-4-6-21(7-5-15)16-2-3-16/h14-16,22H,2-13H2,1H3,(H,18,23). The average molecular weight is 324 g/mol. The number of carbonyl (C=O) groups is 1. The molecule has 132 valence electrons. The quantitative estimate of drug-likeness (QED) is 0.704. The number of hydrogen-bond donors (Lipinski definition) is 2. The van der Waals surface area contributed by atoms with Crippen LogP contribution in [0.5, 0.6) is 0 Å². The molecule has 0 aromatic heterocycles. The molecule has 2 saturated heterocycles. The van der Waals surface area contributed by atoms with Crippen molar-refractivity contribution in [2.45, 2.75) is 50.8 Å². The van der Waals surface area contributed by atoms with Crippen LogP contribution in [0.1, 0.15) is 32.6 Å². The van der Waals surface area contributed by atoms with E-state index in [1.54, 1.807) is 0 Å². The number of piperazine rings is 1. The molecule has 1 aliphatic carbocycles. The summed E-state index contributed by atoms with van der Waals surface area (Å²) in [4.78, 5) is 19.3. The van der Waals surface area contributed by atoms with E-state index in [4.69, 9.17) is 0 Å². The van der Waals surface area contributed by atoms with Crippen molar-refractivity contribution < 1.29 is 9.90 Å². The van der Waals surface area contributed by atoms with Gasteiger partial charge in [0.1, 0.15) is 0 Å². The van der Waals surface area contributed by atoms with Crippen molar-refractivity contribution in [1.82, 2.24) is 20.0 Å². The Morgan fingerprint density at radius 2 is 1.65 bits per heavy atom. The molecule has 1 amide bonds. The number of hydrogen-bond acceptors (Lipinski definition) is 5. The molecule has 6 nitrogen and oxygen atoms in total. The number of rotatable bonds is 6. The second-order valence-corrected chi connectivity index (χ2v) is 7.53. The summed E-state index contributed by atoms with van der Waals surface area (Å²) in [5.74, 6) is 0.179. The van der Waals surface area contributed by atoms with E-state index >= 15 is 0 Å². The fourth-order valence-electron chi connectivity index (χ4n) is 3.83. The molecule has 2 N–H and O–H groups in total. The van der Waals surface area contributed by atoms with Gasteiger partial charge in [0.05, 0.1) is 12.6 Å². The Morgan fingerprint density at radius 1 is 1.04 bits per heavy atom. The van der Waals surface area contributed by atoms with Gasteiger partial charge in [0.2, 0.25) is 5.91 Å². The number of piperidine rings is 1. The largest absolute Gasteiger partial charge is 0.392 e. The van der Waals surface area contributed by atoms with Crippen LogP contribution < -0.4 is 5.32 Å². The van der Waals surface area contributed by atoms with E-state index in [1.165, 1.54) is 12.8 Å². The lowest BCUT2D eigenvalue weighted by atomic mass is 10.0. The van der Waals surface area contributed by atoms with Gasteiger partial charge in [-0.05, 0) is 32.6 Å². The van der Waals surface area contributed by atoms with E-state index in [-0.39, 0.29) is 12.0 Å². The SMILES string of the molecule is CC(O)CN1CCN(CC(=O)NC2CCN(C3CC3)CC2)CC1. The van der Waals surface area contributed by atoms with E-state index in [2.05, 4.69) is 20.0 Å². The Hall–Kier alpha value is -0.690. The van der Waals surface area contributed by atoms with E-state index in [0.29, 0.717) is 12.6 Å². The summed E-state index contributed by atoms with van der Waals surface area (Å²) in [5, 5.41) is 12.7. The van der Waals surface area contributed by atoms with Crippen LogP contribution in [0, 0.1) is 0 Å². The molecule has 3 rings (SSSR count). The summed E-state index contributed by atoms with van der Waals surface area (Å²) >= 11 is 0. The minimum absolute atomic E-state index is 0.179. The van der Waals surface area contributed by atoms with Crippen LogP contribution in [-0.4, -0.2) is 96.3 Å². The maximum absolute atomic E-state index is 12.2. The van der Waals surface area contributed by atoms with Gasteiger partial charge in [0.25, 0.3) is 0 Å². The van der Waals surface area contributed by atoms with Crippen molar-refractivity contribution in [2.75, 3.05) is 52.4 Å². The van der Waals surface area contributed by atoms with Crippen LogP contribution in [0.15, 0.2) is 0 Å². The lowest BCUT2D eigenvalue weighted by Crippen LogP contribution is -2.52. The van der Waals surface area contributed by atoms with Gasteiger partial charge in [-0.15, -0.1) is 0 Å². The average Bonchev–Trinajstić information content (AvgIpc) is 3.34. The first-order chi connectivity index (χ1) is 11.1. The molecule has 1 saturated carbocycles. The number of amides is 1. The molecule has 23 heavy (non-hydrogen) atoms. The van der Waals surface area contributed by atoms with E-state index < -0.39 is 0 Å². The number of aliphatic hydroxyl groups is 1. The van der Waals surface area contributed by atoms with Crippen molar-refractivity contribution in [2.24, 2.45) is 0 Å². The van der Waals surface area contributed by atoms with Gasteiger partial charge < -0.3 is 15.3 Å². The molecule has 3 aliphatic rings. The highest BCUT2D eigenvalue weighted by atomic mass is 16.3. The lowest BCUT2D eigenvalue weighted by molar-refractivity contribution is -0.123. The monoisotopic (exact) mass is 324 g/mol. The van der Waals surface area contributed by atoms with Gasteiger partial charge in [-0.25, -0.2) is 0 Å². The number of carbonyl (C=O) groups excluding carboxylic acids is 1. The van der Waals surface area contributed by atoms with Gasteiger partial charge in [0.15, 0.2) is 0 Å².